The van der Waals surface area contributed by atoms with E-state index in [1.165, 1.54) is 36.4 Å². The summed E-state index contributed by atoms with van der Waals surface area (Å²) in [7, 11) is 0. The summed E-state index contributed by atoms with van der Waals surface area (Å²) in [4.78, 5) is 46.6. The molecule has 0 bridgehead atoms. The number of nitrogens with one attached hydrogen (secondary N) is 2. The van der Waals surface area contributed by atoms with Crippen molar-refractivity contribution in [3.8, 4) is 11.5 Å². The third-order valence-corrected chi connectivity index (χ3v) is 7.65. The maximum atomic E-state index is 13.5. The minimum absolute atomic E-state index is 0.0402. The number of hydrazine groups is 1. The Morgan fingerprint density at radius 3 is 2.60 bits per heavy atom. The van der Waals surface area contributed by atoms with Gasteiger partial charge in [0.1, 0.15) is 17.4 Å². The molecule has 4 N–H and O–H groups in total. The molecule has 42 heavy (non-hydrogen) atoms. The minimum Gasteiger partial charge on any atom is -0.508 e. The lowest BCUT2D eigenvalue weighted by atomic mass is 9.87. The van der Waals surface area contributed by atoms with Crippen molar-refractivity contribution in [1.82, 2.24) is 10.4 Å². The van der Waals surface area contributed by atoms with Crippen molar-refractivity contribution in [2.45, 2.75) is 13.0 Å². The summed E-state index contributed by atoms with van der Waals surface area (Å²) in [6, 6.07) is 17.6. The highest BCUT2D eigenvalue weighted by molar-refractivity contribution is 8.26. The van der Waals surface area contributed by atoms with Gasteiger partial charge in [0.25, 0.3) is 11.6 Å². The fourth-order valence-electron chi connectivity index (χ4n) is 4.40. The van der Waals surface area contributed by atoms with Gasteiger partial charge in [0.05, 0.1) is 15.9 Å². The molecule has 1 saturated heterocycles. The molecule has 14 heteroatoms. The van der Waals surface area contributed by atoms with Gasteiger partial charge in [-0.3, -0.25) is 25.1 Å². The number of nitro groups is 1. The maximum Gasteiger partial charge on any atom is 0.285 e. The Kier molecular flexibility index (Phi) is 7.99. The first-order valence-electron chi connectivity index (χ1n) is 12.4. The van der Waals surface area contributed by atoms with Gasteiger partial charge < -0.3 is 15.5 Å². The van der Waals surface area contributed by atoms with E-state index >= 15 is 0 Å². The van der Waals surface area contributed by atoms with E-state index in [9.17, 15) is 29.9 Å². The zero-order chi connectivity index (χ0) is 30.0. The van der Waals surface area contributed by atoms with Crippen molar-refractivity contribution in [3.05, 3.63) is 98.9 Å². The van der Waals surface area contributed by atoms with E-state index in [0.717, 1.165) is 28.4 Å². The highest BCUT2D eigenvalue weighted by Gasteiger charge is 2.39. The van der Waals surface area contributed by atoms with Crippen LogP contribution in [-0.2, 0) is 9.59 Å². The third-order valence-electron chi connectivity index (χ3n) is 6.35. The number of thioether (sulfide) groups is 1. The zero-order valence-corrected chi connectivity index (χ0v) is 23.4. The van der Waals surface area contributed by atoms with E-state index in [0.29, 0.717) is 4.91 Å². The summed E-state index contributed by atoms with van der Waals surface area (Å²) in [6.07, 6.45) is 1.71. The molecular weight excluding hydrogens is 580 g/mol. The van der Waals surface area contributed by atoms with Gasteiger partial charge in [-0.05, 0) is 49.0 Å². The molecule has 0 saturated carbocycles. The van der Waals surface area contributed by atoms with Gasteiger partial charge in [-0.2, -0.15) is 5.01 Å². The molecule has 3 aromatic carbocycles. The fourth-order valence-corrected chi connectivity index (χ4v) is 5.58. The van der Waals surface area contributed by atoms with Gasteiger partial charge in [0, 0.05) is 35.2 Å². The topological polar surface area (TPSA) is 170 Å². The number of aromatic hydroxyl groups is 2. The summed E-state index contributed by atoms with van der Waals surface area (Å²) >= 11 is 6.51. The van der Waals surface area contributed by atoms with Crippen LogP contribution in [0.15, 0.2) is 87.7 Å². The molecule has 1 fully saturated rings. The summed E-state index contributed by atoms with van der Waals surface area (Å²) < 4.78 is 0.215. The smallest absolute Gasteiger partial charge is 0.285 e. The van der Waals surface area contributed by atoms with Gasteiger partial charge in [-0.25, -0.2) is 9.98 Å². The number of aliphatic imine (C=N–C) groups is 2. The number of amides is 2. The van der Waals surface area contributed by atoms with Crippen LogP contribution in [0.2, 0.25) is 0 Å². The molecule has 3 aromatic rings. The molecule has 2 atom stereocenters. The number of carbonyl (C=O) groups excluding carboxylic acids is 2. The lowest BCUT2D eigenvalue weighted by Crippen LogP contribution is -2.47. The second kappa shape index (κ2) is 11.8. The monoisotopic (exact) mass is 602 g/mol. The second-order valence-electron chi connectivity index (χ2n) is 9.21. The first kappa shape index (κ1) is 28.4. The van der Waals surface area contributed by atoms with E-state index in [1.54, 1.807) is 13.0 Å². The van der Waals surface area contributed by atoms with Crippen LogP contribution >= 0.6 is 24.0 Å². The molecule has 212 valence electrons. The van der Waals surface area contributed by atoms with Crippen molar-refractivity contribution in [2.75, 3.05) is 5.32 Å². The molecule has 2 amide bonds. The standard InChI is InChI=1S/C28H22N6O6S2/c1-15-23(25(37)30-17-8-5-9-18(13-17)34(39)40)24(20-11-10-19(35)14-21(20)36)31-27(29-15)32-33-26(38)22(42-28(33)41)12-16-6-3-2-4-7-16/h2-14,23-24,35-36H,1H3,(H,30,37)(H,31,32)/b22-12+. The zero-order valence-electron chi connectivity index (χ0n) is 21.8. The molecule has 2 aliphatic heterocycles. The molecule has 2 aliphatic rings. The highest BCUT2D eigenvalue weighted by Crippen LogP contribution is 2.38. The van der Waals surface area contributed by atoms with E-state index in [-0.39, 0.29) is 44.4 Å². The average Bonchev–Trinajstić information content (AvgIpc) is 3.20. The summed E-state index contributed by atoms with van der Waals surface area (Å²) in [5.41, 5.74) is 4.11. The highest BCUT2D eigenvalue weighted by atomic mass is 32.2. The van der Waals surface area contributed by atoms with Crippen molar-refractivity contribution >= 4 is 69.2 Å². The number of hydrogen-bond acceptors (Lipinski definition) is 11. The molecule has 0 spiro atoms. The van der Waals surface area contributed by atoms with E-state index in [2.05, 4.69) is 20.7 Å². The van der Waals surface area contributed by atoms with E-state index in [1.807, 2.05) is 30.3 Å². The van der Waals surface area contributed by atoms with Gasteiger partial charge in [-0.1, -0.05) is 48.2 Å². The summed E-state index contributed by atoms with van der Waals surface area (Å²) in [5.74, 6) is -2.62. The van der Waals surface area contributed by atoms with Crippen LogP contribution in [0.5, 0.6) is 11.5 Å². The Balaban J connectivity index is 1.45. The molecule has 12 nitrogen and oxygen atoms in total. The van der Waals surface area contributed by atoms with Crippen molar-refractivity contribution in [1.29, 1.82) is 0 Å². The average molecular weight is 603 g/mol. The molecule has 0 aromatic heterocycles. The van der Waals surface area contributed by atoms with Gasteiger partial charge in [0.15, 0.2) is 4.32 Å². The van der Waals surface area contributed by atoms with Crippen LogP contribution in [0.1, 0.15) is 24.1 Å². The Morgan fingerprint density at radius 1 is 1.12 bits per heavy atom. The number of phenolic OH excluding ortho intramolecular Hbond substituents is 2. The molecule has 0 radical (unpaired) electrons. The number of non-ortho nitro benzene ring substituents is 1. The first-order chi connectivity index (χ1) is 20.1. The van der Waals surface area contributed by atoms with E-state index < -0.39 is 28.7 Å². The van der Waals surface area contributed by atoms with Crippen LogP contribution in [0.4, 0.5) is 11.4 Å². The van der Waals surface area contributed by atoms with Crippen LogP contribution in [-0.4, -0.2) is 48.0 Å². The summed E-state index contributed by atoms with van der Waals surface area (Å²) in [6.45, 7) is 1.58. The van der Waals surface area contributed by atoms with E-state index in [4.69, 9.17) is 12.2 Å². The lowest BCUT2D eigenvalue weighted by Gasteiger charge is -2.29. The Bertz CT molecular complexity index is 1710. The quantitative estimate of drug-likeness (QED) is 0.137. The number of carbonyl (C=O) groups is 2. The lowest BCUT2D eigenvalue weighted by molar-refractivity contribution is -0.384. The number of nitro benzene ring substituents is 1. The van der Waals surface area contributed by atoms with Gasteiger partial charge in [-0.15, -0.1) is 0 Å². The first-order valence-corrected chi connectivity index (χ1v) is 13.6. The molecule has 2 unspecified atom stereocenters. The third kappa shape index (κ3) is 5.99. The number of nitrogens with zero attached hydrogens (tertiary/aromatic N) is 4. The number of phenols is 2. The van der Waals surface area contributed by atoms with Crippen molar-refractivity contribution in [2.24, 2.45) is 15.9 Å². The molecular formula is C28H22N6O6S2. The van der Waals surface area contributed by atoms with Crippen LogP contribution in [0, 0.1) is 16.0 Å². The Labute approximate surface area is 248 Å². The molecule has 0 aliphatic carbocycles. The number of anilines is 1. The largest absolute Gasteiger partial charge is 0.508 e. The number of rotatable bonds is 6. The number of thiocarbonyl (C=S) groups is 1. The maximum absolute atomic E-state index is 13.5. The van der Waals surface area contributed by atoms with Crippen molar-refractivity contribution < 1.29 is 24.7 Å². The van der Waals surface area contributed by atoms with Crippen molar-refractivity contribution in [3.63, 3.8) is 0 Å². The predicted octanol–water partition coefficient (Wildman–Crippen LogP) is 4.54. The normalized spacial score (nSPS) is 19.4. The number of hydrogen-bond donors (Lipinski definition) is 4. The van der Waals surface area contributed by atoms with Crippen LogP contribution in [0.25, 0.3) is 6.08 Å². The summed E-state index contributed by atoms with van der Waals surface area (Å²) in [5, 5.41) is 35.5. The van der Waals surface area contributed by atoms with Crippen LogP contribution < -0.4 is 10.7 Å². The minimum atomic E-state index is -1.06. The second-order valence-corrected chi connectivity index (χ2v) is 10.9. The Hall–Kier alpha value is -5.08. The van der Waals surface area contributed by atoms with Crippen LogP contribution in [0.3, 0.4) is 0 Å². The molecule has 5 rings (SSSR count). The van der Waals surface area contributed by atoms with Gasteiger partial charge >= 0.3 is 0 Å². The number of guanidine groups is 1. The van der Waals surface area contributed by atoms with Gasteiger partial charge in [0.2, 0.25) is 11.9 Å². The Morgan fingerprint density at radius 2 is 1.88 bits per heavy atom. The SMILES string of the molecule is CC1=NC(NN2C(=O)/C(=C\c3ccccc3)SC2=S)=NC(c2ccc(O)cc2O)C1C(=O)Nc1cccc([N+](=O)[O-])c1. The number of benzene rings is 3. The molecule has 2 heterocycles. The predicted molar refractivity (Wildman–Crippen MR) is 163 cm³/mol. The fraction of sp³-hybridized carbons (Fsp3) is 0.107.